The molecule has 1 unspecified atom stereocenters. The maximum absolute atomic E-state index is 11.3. The van der Waals surface area contributed by atoms with E-state index in [2.05, 4.69) is 35.4 Å². The van der Waals surface area contributed by atoms with E-state index >= 15 is 0 Å². The van der Waals surface area contributed by atoms with Crippen LogP contribution in [0, 0.1) is 6.92 Å². The van der Waals surface area contributed by atoms with Crippen LogP contribution in [0.25, 0.3) is 11.0 Å². The Labute approximate surface area is 144 Å². The van der Waals surface area contributed by atoms with Crippen LogP contribution in [0.1, 0.15) is 25.0 Å². The van der Waals surface area contributed by atoms with Gasteiger partial charge in [0, 0.05) is 30.9 Å². The molecule has 1 aliphatic rings. The molecule has 8 nitrogen and oxygen atoms in total. The maximum Gasteiger partial charge on any atom is 0.264 e. The minimum Gasteiger partial charge on any atom is -0.366 e. The van der Waals surface area contributed by atoms with Crippen molar-refractivity contribution in [3.8, 4) is 0 Å². The summed E-state index contributed by atoms with van der Waals surface area (Å²) in [6.07, 6.45) is 4.98. The van der Waals surface area contributed by atoms with Gasteiger partial charge in [0.05, 0.1) is 5.52 Å². The van der Waals surface area contributed by atoms with Crippen molar-refractivity contribution in [1.29, 1.82) is 0 Å². The van der Waals surface area contributed by atoms with E-state index in [1.165, 1.54) is 12.5 Å². The second-order valence-electron chi connectivity index (χ2n) is 6.44. The quantitative estimate of drug-likeness (QED) is 0.670. The lowest BCUT2D eigenvalue weighted by molar-refractivity contribution is 0.467. The molecule has 0 spiro atoms. The molecule has 4 rings (SSSR count). The van der Waals surface area contributed by atoms with Crippen molar-refractivity contribution in [2.75, 3.05) is 23.3 Å². The average Bonchev–Trinajstić information content (AvgIpc) is 3.02. The minimum absolute atomic E-state index is 0.180. The molecule has 3 N–H and O–H groups in total. The van der Waals surface area contributed by atoms with E-state index in [4.69, 9.17) is 0 Å². The highest BCUT2D eigenvalue weighted by atomic mass is 16.1. The molecule has 25 heavy (non-hydrogen) atoms. The number of hydrogen-bond acceptors (Lipinski definition) is 6. The van der Waals surface area contributed by atoms with Gasteiger partial charge < -0.3 is 15.2 Å². The first kappa shape index (κ1) is 15.6. The molecular formula is C17H21N7O. The van der Waals surface area contributed by atoms with Crippen LogP contribution < -0.4 is 15.8 Å². The molecule has 4 heterocycles. The van der Waals surface area contributed by atoms with Gasteiger partial charge >= 0.3 is 0 Å². The smallest absolute Gasteiger partial charge is 0.264 e. The number of rotatable bonds is 4. The number of anilines is 2. The fourth-order valence-corrected chi connectivity index (χ4v) is 3.43. The van der Waals surface area contributed by atoms with Crippen molar-refractivity contribution in [3.05, 3.63) is 40.6 Å². The Morgan fingerprint density at radius 2 is 2.24 bits per heavy atom. The van der Waals surface area contributed by atoms with Gasteiger partial charge in [-0.15, -0.1) is 0 Å². The third kappa shape index (κ3) is 3.19. The number of fused-ring (bicyclic) bond motifs is 1. The van der Waals surface area contributed by atoms with Crippen LogP contribution in [-0.2, 0) is 0 Å². The van der Waals surface area contributed by atoms with E-state index in [1.54, 1.807) is 12.4 Å². The molecule has 1 fully saturated rings. The lowest BCUT2D eigenvalue weighted by Gasteiger charge is -2.36. The first-order valence-corrected chi connectivity index (χ1v) is 8.57. The third-order valence-corrected chi connectivity index (χ3v) is 4.64. The van der Waals surface area contributed by atoms with Gasteiger partial charge in [0.25, 0.3) is 5.56 Å². The van der Waals surface area contributed by atoms with Crippen LogP contribution in [0.15, 0.2) is 29.3 Å². The molecule has 1 atom stereocenters. The van der Waals surface area contributed by atoms with E-state index in [9.17, 15) is 4.79 Å². The molecule has 130 valence electrons. The number of aromatic amines is 2. The molecule has 0 aromatic carbocycles. The van der Waals surface area contributed by atoms with Crippen LogP contribution in [0.3, 0.4) is 0 Å². The largest absolute Gasteiger partial charge is 0.366 e. The lowest BCUT2D eigenvalue weighted by atomic mass is 10.0. The van der Waals surface area contributed by atoms with E-state index in [0.717, 1.165) is 54.3 Å². The Kier molecular flexibility index (Phi) is 4.09. The van der Waals surface area contributed by atoms with Gasteiger partial charge in [-0.3, -0.25) is 4.79 Å². The summed E-state index contributed by atoms with van der Waals surface area (Å²) in [5, 5.41) is 10.2. The SMILES string of the molecule is Cc1cc2ncnc(NCC3CCCCN3c3ccc(=O)[nH]n3)c2[nH]1. The molecule has 3 aromatic heterocycles. The Hall–Kier alpha value is -2.90. The van der Waals surface area contributed by atoms with Gasteiger partial charge in [-0.05, 0) is 38.3 Å². The maximum atomic E-state index is 11.3. The molecule has 0 saturated carbocycles. The van der Waals surface area contributed by atoms with Crippen molar-refractivity contribution < 1.29 is 0 Å². The van der Waals surface area contributed by atoms with E-state index in [0.29, 0.717) is 6.04 Å². The van der Waals surface area contributed by atoms with Crippen molar-refractivity contribution in [2.45, 2.75) is 32.2 Å². The monoisotopic (exact) mass is 339 g/mol. The summed E-state index contributed by atoms with van der Waals surface area (Å²) in [4.78, 5) is 25.5. The highest BCUT2D eigenvalue weighted by Crippen LogP contribution is 2.24. The highest BCUT2D eigenvalue weighted by molar-refractivity contribution is 5.86. The van der Waals surface area contributed by atoms with Crippen molar-refractivity contribution >= 4 is 22.7 Å². The standard InChI is InChI=1S/C17H21N7O/c1-11-8-13-16(21-11)17(20-10-19-13)18-9-12-4-2-3-7-24(12)14-5-6-15(25)23-22-14/h5-6,8,10,12,21H,2-4,7,9H2,1H3,(H,23,25)(H,18,19,20). The highest BCUT2D eigenvalue weighted by Gasteiger charge is 2.24. The van der Waals surface area contributed by atoms with E-state index in [-0.39, 0.29) is 5.56 Å². The summed E-state index contributed by atoms with van der Waals surface area (Å²) in [5.41, 5.74) is 2.73. The van der Waals surface area contributed by atoms with Gasteiger partial charge in [0.2, 0.25) is 0 Å². The summed E-state index contributed by atoms with van der Waals surface area (Å²) in [6.45, 7) is 3.70. The molecular weight excluding hydrogens is 318 g/mol. The molecule has 0 aliphatic carbocycles. The minimum atomic E-state index is -0.180. The summed E-state index contributed by atoms with van der Waals surface area (Å²) < 4.78 is 0. The summed E-state index contributed by atoms with van der Waals surface area (Å²) in [6, 6.07) is 5.62. The molecule has 1 aliphatic heterocycles. The zero-order valence-corrected chi connectivity index (χ0v) is 14.1. The first-order chi connectivity index (χ1) is 12.2. The fraction of sp³-hybridized carbons (Fsp3) is 0.412. The van der Waals surface area contributed by atoms with Gasteiger partial charge in [-0.1, -0.05) is 0 Å². The number of nitrogens with zero attached hydrogens (tertiary/aromatic N) is 4. The number of aromatic nitrogens is 5. The Morgan fingerprint density at radius 3 is 3.08 bits per heavy atom. The van der Waals surface area contributed by atoms with Crippen molar-refractivity contribution in [3.63, 3.8) is 0 Å². The number of aryl methyl sites for hydroxylation is 1. The predicted octanol–water partition coefficient (Wildman–Crippen LogP) is 1.82. The second-order valence-corrected chi connectivity index (χ2v) is 6.44. The van der Waals surface area contributed by atoms with E-state index < -0.39 is 0 Å². The number of H-pyrrole nitrogens is 2. The number of nitrogens with one attached hydrogen (secondary N) is 3. The second kappa shape index (κ2) is 6.54. The van der Waals surface area contributed by atoms with Crippen LogP contribution in [-0.4, -0.2) is 44.3 Å². The molecule has 0 radical (unpaired) electrons. The predicted molar refractivity (Wildman–Crippen MR) is 97.0 cm³/mol. The zero-order chi connectivity index (χ0) is 17.2. The van der Waals surface area contributed by atoms with Gasteiger partial charge in [0.1, 0.15) is 17.7 Å². The Balaban J connectivity index is 1.53. The normalized spacial score (nSPS) is 17.8. The summed E-state index contributed by atoms with van der Waals surface area (Å²) in [7, 11) is 0. The molecule has 8 heteroatoms. The molecule has 3 aromatic rings. The van der Waals surface area contributed by atoms with Crippen molar-refractivity contribution in [2.24, 2.45) is 0 Å². The summed E-state index contributed by atoms with van der Waals surface area (Å²) in [5.74, 6) is 1.63. The fourth-order valence-electron chi connectivity index (χ4n) is 3.43. The Morgan fingerprint density at radius 1 is 1.32 bits per heavy atom. The molecule has 0 bridgehead atoms. The molecule has 0 amide bonds. The van der Waals surface area contributed by atoms with Crippen LogP contribution in [0.4, 0.5) is 11.6 Å². The van der Waals surface area contributed by atoms with E-state index in [1.807, 2.05) is 13.0 Å². The van der Waals surface area contributed by atoms with Gasteiger partial charge in [-0.25, -0.2) is 15.1 Å². The summed E-state index contributed by atoms with van der Waals surface area (Å²) >= 11 is 0. The zero-order valence-electron chi connectivity index (χ0n) is 14.1. The number of hydrogen-bond donors (Lipinski definition) is 3. The van der Waals surface area contributed by atoms with Crippen LogP contribution in [0.2, 0.25) is 0 Å². The average molecular weight is 339 g/mol. The Bertz CT molecular complexity index is 912. The first-order valence-electron chi connectivity index (χ1n) is 8.57. The number of piperidine rings is 1. The molecule has 1 saturated heterocycles. The van der Waals surface area contributed by atoms with Crippen LogP contribution >= 0.6 is 0 Å². The topological polar surface area (TPSA) is 103 Å². The lowest BCUT2D eigenvalue weighted by Crippen LogP contribution is -2.44. The van der Waals surface area contributed by atoms with Gasteiger partial charge in [0.15, 0.2) is 5.82 Å². The van der Waals surface area contributed by atoms with Crippen LogP contribution in [0.5, 0.6) is 0 Å². The third-order valence-electron chi connectivity index (χ3n) is 4.64. The van der Waals surface area contributed by atoms with Gasteiger partial charge in [-0.2, -0.15) is 5.10 Å². The van der Waals surface area contributed by atoms with Crippen molar-refractivity contribution in [1.82, 2.24) is 25.1 Å².